The first kappa shape index (κ1) is 14.9. The molecule has 0 aromatic carbocycles. The maximum absolute atomic E-state index is 6.06. The molecule has 0 spiro atoms. The molecule has 1 saturated carbocycles. The van der Waals surface area contributed by atoms with Gasteiger partial charge < -0.3 is 9.47 Å². The lowest BCUT2D eigenvalue weighted by atomic mass is 9.98. The van der Waals surface area contributed by atoms with E-state index in [1.54, 1.807) is 19.5 Å². The molecule has 24 heavy (non-hydrogen) atoms. The molecule has 0 amide bonds. The van der Waals surface area contributed by atoms with Crippen LogP contribution in [0.15, 0.2) is 36.7 Å². The van der Waals surface area contributed by atoms with Crippen molar-refractivity contribution in [2.24, 2.45) is 0 Å². The summed E-state index contributed by atoms with van der Waals surface area (Å²) in [5.74, 6) is 1.23. The van der Waals surface area contributed by atoms with E-state index in [2.05, 4.69) is 15.1 Å². The van der Waals surface area contributed by atoms with Gasteiger partial charge >= 0.3 is 0 Å². The predicted molar refractivity (Wildman–Crippen MR) is 90.3 cm³/mol. The van der Waals surface area contributed by atoms with E-state index in [1.165, 1.54) is 19.3 Å². The molecule has 0 saturated heterocycles. The van der Waals surface area contributed by atoms with E-state index in [0.717, 1.165) is 29.7 Å². The summed E-state index contributed by atoms with van der Waals surface area (Å²) in [7, 11) is 1.60. The van der Waals surface area contributed by atoms with Gasteiger partial charge in [-0.1, -0.05) is 6.42 Å². The zero-order valence-electron chi connectivity index (χ0n) is 13.7. The molecule has 0 atom stereocenters. The monoisotopic (exact) mass is 324 g/mol. The lowest BCUT2D eigenvalue weighted by Gasteiger charge is -2.22. The van der Waals surface area contributed by atoms with Crippen LogP contribution in [-0.2, 0) is 0 Å². The van der Waals surface area contributed by atoms with Crippen molar-refractivity contribution in [2.45, 2.75) is 38.2 Å². The summed E-state index contributed by atoms with van der Waals surface area (Å²) in [6, 6.07) is 7.61. The molecule has 124 valence electrons. The molecule has 3 aromatic rings. The minimum absolute atomic E-state index is 0.276. The molecule has 1 fully saturated rings. The quantitative estimate of drug-likeness (QED) is 0.735. The first-order chi connectivity index (χ1) is 11.8. The van der Waals surface area contributed by atoms with E-state index in [9.17, 15) is 0 Å². The average molecular weight is 324 g/mol. The van der Waals surface area contributed by atoms with Crippen molar-refractivity contribution < 1.29 is 9.47 Å². The summed E-state index contributed by atoms with van der Waals surface area (Å²) >= 11 is 0. The number of methoxy groups -OCH3 is 1. The molecule has 3 aromatic heterocycles. The molecule has 0 aliphatic heterocycles. The van der Waals surface area contributed by atoms with Crippen LogP contribution in [0, 0.1) is 0 Å². The third kappa shape index (κ3) is 2.91. The average Bonchev–Trinajstić information content (AvgIpc) is 3.06. The van der Waals surface area contributed by atoms with E-state index in [4.69, 9.17) is 9.47 Å². The van der Waals surface area contributed by atoms with Gasteiger partial charge in [-0.15, -0.1) is 5.10 Å². The summed E-state index contributed by atoms with van der Waals surface area (Å²) in [6.07, 6.45) is 9.84. The van der Waals surface area contributed by atoms with Crippen LogP contribution < -0.4 is 9.47 Å². The van der Waals surface area contributed by atoms with E-state index >= 15 is 0 Å². The second kappa shape index (κ2) is 6.47. The number of aromatic nitrogens is 4. The van der Waals surface area contributed by atoms with Crippen LogP contribution >= 0.6 is 0 Å². The third-order valence-corrected chi connectivity index (χ3v) is 4.42. The molecule has 0 unspecified atom stereocenters. The Morgan fingerprint density at radius 3 is 2.54 bits per heavy atom. The van der Waals surface area contributed by atoms with Gasteiger partial charge in [0.1, 0.15) is 6.10 Å². The number of nitrogens with zero attached hydrogens (tertiary/aromatic N) is 4. The van der Waals surface area contributed by atoms with Crippen LogP contribution in [0.5, 0.6) is 11.8 Å². The molecule has 0 N–H and O–H groups in total. The first-order valence-corrected chi connectivity index (χ1v) is 8.35. The van der Waals surface area contributed by atoms with Gasteiger partial charge in [-0.3, -0.25) is 0 Å². The molecule has 1 aliphatic carbocycles. The zero-order chi connectivity index (χ0) is 16.4. The Bertz CT molecular complexity index is 823. The highest BCUT2D eigenvalue weighted by Gasteiger charge is 2.16. The molecule has 0 radical (unpaired) electrons. The maximum Gasteiger partial charge on any atom is 0.232 e. The second-order valence-electron chi connectivity index (χ2n) is 6.05. The SMILES string of the molecule is COc1ccc(-c2cnc3ccc(OC4CCCCC4)nn23)cn1. The molecular formula is C18H20N4O2. The molecule has 3 heterocycles. The van der Waals surface area contributed by atoms with Crippen LogP contribution in [0.4, 0.5) is 0 Å². The van der Waals surface area contributed by atoms with Crippen LogP contribution in [0.2, 0.25) is 0 Å². The van der Waals surface area contributed by atoms with Crippen LogP contribution in [0.3, 0.4) is 0 Å². The number of imidazole rings is 1. The number of hydrogen-bond donors (Lipinski definition) is 0. The minimum Gasteiger partial charge on any atom is -0.481 e. The topological polar surface area (TPSA) is 61.5 Å². The fourth-order valence-electron chi connectivity index (χ4n) is 3.12. The third-order valence-electron chi connectivity index (χ3n) is 4.42. The Morgan fingerprint density at radius 1 is 0.958 bits per heavy atom. The first-order valence-electron chi connectivity index (χ1n) is 8.35. The fraction of sp³-hybridized carbons (Fsp3) is 0.389. The van der Waals surface area contributed by atoms with E-state index in [1.807, 2.05) is 28.8 Å². The number of hydrogen-bond acceptors (Lipinski definition) is 5. The van der Waals surface area contributed by atoms with Gasteiger partial charge in [0.15, 0.2) is 5.65 Å². The van der Waals surface area contributed by atoms with Crippen molar-refractivity contribution in [3.63, 3.8) is 0 Å². The highest BCUT2D eigenvalue weighted by molar-refractivity contribution is 5.62. The minimum atomic E-state index is 0.276. The molecule has 4 rings (SSSR count). The molecule has 6 heteroatoms. The number of rotatable bonds is 4. The van der Waals surface area contributed by atoms with Crippen molar-refractivity contribution in [2.75, 3.05) is 7.11 Å². The fourth-order valence-corrected chi connectivity index (χ4v) is 3.12. The molecular weight excluding hydrogens is 304 g/mol. The Kier molecular flexibility index (Phi) is 4.02. The van der Waals surface area contributed by atoms with Crippen molar-refractivity contribution >= 4 is 5.65 Å². The van der Waals surface area contributed by atoms with Crippen molar-refractivity contribution in [3.05, 3.63) is 36.7 Å². The lowest BCUT2D eigenvalue weighted by molar-refractivity contribution is 0.147. The molecule has 1 aliphatic rings. The second-order valence-corrected chi connectivity index (χ2v) is 6.05. The summed E-state index contributed by atoms with van der Waals surface area (Å²) < 4.78 is 13.0. The van der Waals surface area contributed by atoms with Crippen molar-refractivity contribution in [3.8, 4) is 23.0 Å². The van der Waals surface area contributed by atoms with Crippen molar-refractivity contribution in [1.82, 2.24) is 19.6 Å². The maximum atomic E-state index is 6.06. The normalized spacial score (nSPS) is 15.5. The van der Waals surface area contributed by atoms with Crippen LogP contribution in [0.1, 0.15) is 32.1 Å². The Hall–Kier alpha value is -2.63. The van der Waals surface area contributed by atoms with Gasteiger partial charge in [-0.2, -0.15) is 0 Å². The molecule has 0 bridgehead atoms. The highest BCUT2D eigenvalue weighted by Crippen LogP contribution is 2.25. The lowest BCUT2D eigenvalue weighted by Crippen LogP contribution is -2.20. The van der Waals surface area contributed by atoms with Gasteiger partial charge in [0, 0.05) is 23.9 Å². The Labute approximate surface area is 140 Å². The predicted octanol–water partition coefficient (Wildman–Crippen LogP) is 3.51. The molecule has 6 nitrogen and oxygen atoms in total. The van der Waals surface area contributed by atoms with Gasteiger partial charge in [-0.05, 0) is 37.8 Å². The van der Waals surface area contributed by atoms with Crippen LogP contribution in [-0.4, -0.2) is 32.8 Å². The Balaban J connectivity index is 1.64. The summed E-state index contributed by atoms with van der Waals surface area (Å²) in [6.45, 7) is 0. The summed E-state index contributed by atoms with van der Waals surface area (Å²) in [5.41, 5.74) is 2.61. The number of fused-ring (bicyclic) bond motifs is 1. The standard InChI is InChI=1S/C18H20N4O2/c1-23-17-9-7-13(11-20-17)15-12-19-16-8-10-18(21-22(15)16)24-14-5-3-2-4-6-14/h7-12,14H,2-6H2,1H3. The zero-order valence-corrected chi connectivity index (χ0v) is 13.7. The summed E-state index contributed by atoms with van der Waals surface area (Å²) in [4.78, 5) is 8.67. The number of pyridine rings is 1. The van der Waals surface area contributed by atoms with Gasteiger partial charge in [-0.25, -0.2) is 14.5 Å². The van der Waals surface area contributed by atoms with Gasteiger partial charge in [0.2, 0.25) is 11.8 Å². The van der Waals surface area contributed by atoms with Gasteiger partial charge in [0.05, 0.1) is 19.0 Å². The smallest absolute Gasteiger partial charge is 0.232 e. The van der Waals surface area contributed by atoms with Crippen molar-refractivity contribution in [1.29, 1.82) is 0 Å². The Morgan fingerprint density at radius 2 is 1.79 bits per heavy atom. The summed E-state index contributed by atoms with van der Waals surface area (Å²) in [5, 5.41) is 4.62. The largest absolute Gasteiger partial charge is 0.481 e. The van der Waals surface area contributed by atoms with E-state index in [0.29, 0.717) is 11.8 Å². The number of ether oxygens (including phenoxy) is 2. The van der Waals surface area contributed by atoms with Crippen LogP contribution in [0.25, 0.3) is 16.9 Å². The van der Waals surface area contributed by atoms with Gasteiger partial charge in [0.25, 0.3) is 0 Å². The van der Waals surface area contributed by atoms with E-state index < -0.39 is 0 Å². The van der Waals surface area contributed by atoms with E-state index in [-0.39, 0.29) is 6.10 Å². The highest BCUT2D eigenvalue weighted by atomic mass is 16.5.